The molecule has 0 unspecified atom stereocenters. The third kappa shape index (κ3) is 2.95. The highest BCUT2D eigenvalue weighted by molar-refractivity contribution is 5.73. The van der Waals surface area contributed by atoms with Gasteiger partial charge < -0.3 is 29.5 Å². The molecule has 0 aliphatic carbocycles. The predicted octanol–water partition coefficient (Wildman–Crippen LogP) is -1.39. The number of carboxylic acids is 1. The number of aliphatic carboxylic acids is 1. The van der Waals surface area contributed by atoms with Crippen LogP contribution in [0.15, 0.2) is 35.3 Å². The number of benzene rings is 1. The van der Waals surface area contributed by atoms with Crippen molar-refractivity contribution in [2.45, 2.75) is 31.1 Å². The zero-order valence-corrected chi connectivity index (χ0v) is 14.4. The fourth-order valence-electron chi connectivity index (χ4n) is 3.21. The van der Waals surface area contributed by atoms with Crippen molar-refractivity contribution in [1.29, 1.82) is 5.41 Å². The smallest absolute Gasteiger partial charge is 0.335 e. The van der Waals surface area contributed by atoms with E-state index in [4.69, 9.17) is 24.7 Å². The molecule has 1 fully saturated rings. The summed E-state index contributed by atoms with van der Waals surface area (Å²) in [6.45, 7) is 0.140. The Balaban J connectivity index is 1.68. The molecule has 3 heterocycles. The van der Waals surface area contributed by atoms with Gasteiger partial charge in [-0.3, -0.25) is 14.5 Å². The van der Waals surface area contributed by atoms with E-state index in [0.717, 1.165) is 9.13 Å². The molecule has 2 aliphatic heterocycles. The summed E-state index contributed by atoms with van der Waals surface area (Å²) in [5.74, 6) is -0.336. The lowest BCUT2D eigenvalue weighted by atomic mass is 10.1. The van der Waals surface area contributed by atoms with Gasteiger partial charge in [-0.15, -0.1) is 0 Å². The molecule has 1 aromatic heterocycles. The van der Waals surface area contributed by atoms with Gasteiger partial charge >= 0.3 is 11.7 Å². The monoisotopic (exact) mass is 391 g/mol. The summed E-state index contributed by atoms with van der Waals surface area (Å²) >= 11 is 0. The Morgan fingerprint density at radius 2 is 1.93 bits per heavy atom. The third-order valence-corrected chi connectivity index (χ3v) is 4.67. The first-order valence-electron chi connectivity index (χ1n) is 8.36. The van der Waals surface area contributed by atoms with Gasteiger partial charge in [0.25, 0.3) is 0 Å². The maximum Gasteiger partial charge on any atom is 0.335 e. The number of nitrogens with one attached hydrogen (secondary N) is 1. The van der Waals surface area contributed by atoms with Gasteiger partial charge in [0.05, 0.1) is 6.54 Å². The van der Waals surface area contributed by atoms with E-state index in [0.29, 0.717) is 17.1 Å². The molecular weight excluding hydrogens is 374 g/mol. The Labute approximate surface area is 157 Å². The Hall–Kier alpha value is -3.15. The molecule has 11 nitrogen and oxygen atoms in total. The lowest BCUT2D eigenvalue weighted by Crippen LogP contribution is -2.43. The highest BCUT2D eigenvalue weighted by atomic mass is 16.7. The van der Waals surface area contributed by atoms with Gasteiger partial charge in [-0.1, -0.05) is 6.07 Å². The first kappa shape index (κ1) is 18.2. The number of carboxylic acid groups (broad SMARTS) is 1. The van der Waals surface area contributed by atoms with Crippen LogP contribution >= 0.6 is 0 Å². The number of hydrogen-bond acceptors (Lipinski definition) is 8. The van der Waals surface area contributed by atoms with Gasteiger partial charge in [-0.25, -0.2) is 9.59 Å². The number of fused-ring (bicyclic) bond motifs is 1. The van der Waals surface area contributed by atoms with Crippen LogP contribution in [0.25, 0.3) is 0 Å². The van der Waals surface area contributed by atoms with E-state index < -0.39 is 36.2 Å². The molecule has 2 aromatic rings. The number of aromatic nitrogens is 2. The van der Waals surface area contributed by atoms with E-state index >= 15 is 0 Å². The largest absolute Gasteiger partial charge is 0.479 e. The van der Waals surface area contributed by atoms with E-state index in [1.54, 1.807) is 18.2 Å². The lowest BCUT2D eigenvalue weighted by Gasteiger charge is -2.19. The van der Waals surface area contributed by atoms with Crippen LogP contribution in [0.2, 0.25) is 0 Å². The van der Waals surface area contributed by atoms with E-state index in [2.05, 4.69) is 0 Å². The van der Waals surface area contributed by atoms with Crippen molar-refractivity contribution >= 4 is 5.97 Å². The summed E-state index contributed by atoms with van der Waals surface area (Å²) in [7, 11) is 0. The van der Waals surface area contributed by atoms with Crippen LogP contribution in [0, 0.1) is 5.41 Å². The zero-order valence-electron chi connectivity index (χ0n) is 14.4. The lowest BCUT2D eigenvalue weighted by molar-refractivity contribution is -0.155. The van der Waals surface area contributed by atoms with E-state index in [-0.39, 0.29) is 18.8 Å². The van der Waals surface area contributed by atoms with Crippen molar-refractivity contribution in [3.05, 3.63) is 52.0 Å². The molecule has 0 bridgehead atoms. The molecule has 4 atom stereocenters. The summed E-state index contributed by atoms with van der Waals surface area (Å²) < 4.78 is 17.8. The minimum Gasteiger partial charge on any atom is -0.479 e. The minimum atomic E-state index is -1.69. The van der Waals surface area contributed by atoms with Gasteiger partial charge in [0.2, 0.25) is 6.79 Å². The highest BCUT2D eigenvalue weighted by Crippen LogP contribution is 2.32. The van der Waals surface area contributed by atoms with Crippen LogP contribution in [-0.2, 0) is 16.1 Å². The fourth-order valence-corrected chi connectivity index (χ4v) is 3.21. The Kier molecular flexibility index (Phi) is 4.41. The molecule has 1 aromatic carbocycles. The SMILES string of the molecule is N=c1ccn([C@@H]2O[C@H](C(=O)O)[C@@H](O)[C@H]2O)c(=O)n1Cc1ccc2c(c1)OCO2. The molecule has 2 aliphatic rings. The Bertz CT molecular complexity index is 1050. The Morgan fingerprint density at radius 3 is 2.64 bits per heavy atom. The first-order chi connectivity index (χ1) is 13.4. The number of carbonyl (C=O) groups is 1. The van der Waals surface area contributed by atoms with Crippen LogP contribution < -0.4 is 20.7 Å². The number of aliphatic hydroxyl groups excluding tert-OH is 2. The Morgan fingerprint density at radius 1 is 1.18 bits per heavy atom. The average molecular weight is 391 g/mol. The van der Waals surface area contributed by atoms with Gasteiger partial charge in [0, 0.05) is 6.20 Å². The maximum absolute atomic E-state index is 12.9. The molecule has 1 saturated heterocycles. The van der Waals surface area contributed by atoms with E-state index in [1.165, 1.54) is 12.3 Å². The molecule has 28 heavy (non-hydrogen) atoms. The van der Waals surface area contributed by atoms with Crippen molar-refractivity contribution in [2.75, 3.05) is 6.79 Å². The highest BCUT2D eigenvalue weighted by Gasteiger charge is 2.47. The number of aliphatic hydroxyl groups is 2. The summed E-state index contributed by atoms with van der Waals surface area (Å²) in [5, 5.41) is 37.1. The number of nitrogens with zero attached hydrogens (tertiary/aromatic N) is 2. The number of hydrogen-bond donors (Lipinski definition) is 4. The van der Waals surface area contributed by atoms with Gasteiger partial charge in [0.1, 0.15) is 17.7 Å². The topological polar surface area (TPSA) is 156 Å². The molecule has 0 amide bonds. The van der Waals surface area contributed by atoms with Crippen molar-refractivity contribution in [3.63, 3.8) is 0 Å². The second kappa shape index (κ2) is 6.78. The van der Waals surface area contributed by atoms with Crippen molar-refractivity contribution in [1.82, 2.24) is 9.13 Å². The van der Waals surface area contributed by atoms with Crippen molar-refractivity contribution < 1.29 is 34.3 Å². The van der Waals surface area contributed by atoms with Gasteiger partial charge in [-0.05, 0) is 23.8 Å². The third-order valence-electron chi connectivity index (χ3n) is 4.67. The summed E-state index contributed by atoms with van der Waals surface area (Å²) in [6, 6.07) is 6.42. The predicted molar refractivity (Wildman–Crippen MR) is 89.8 cm³/mol. The van der Waals surface area contributed by atoms with Crippen LogP contribution in [0.5, 0.6) is 11.5 Å². The van der Waals surface area contributed by atoms with Crippen molar-refractivity contribution in [2.24, 2.45) is 0 Å². The van der Waals surface area contributed by atoms with Gasteiger partial charge in [-0.2, -0.15) is 0 Å². The fraction of sp³-hybridized carbons (Fsp3) is 0.353. The maximum atomic E-state index is 12.9. The summed E-state index contributed by atoms with van der Waals surface area (Å²) in [6.07, 6.45) is -5.15. The van der Waals surface area contributed by atoms with Gasteiger partial charge in [0.15, 0.2) is 23.8 Å². The van der Waals surface area contributed by atoms with Crippen LogP contribution in [0.1, 0.15) is 11.8 Å². The average Bonchev–Trinajstić information content (AvgIpc) is 3.24. The molecule has 11 heteroatoms. The second-order valence-corrected chi connectivity index (χ2v) is 6.43. The first-order valence-corrected chi connectivity index (χ1v) is 8.36. The zero-order chi connectivity index (χ0) is 20.0. The molecule has 0 saturated carbocycles. The van der Waals surface area contributed by atoms with Crippen LogP contribution in [0.4, 0.5) is 0 Å². The summed E-state index contributed by atoms with van der Waals surface area (Å²) in [4.78, 5) is 24.0. The van der Waals surface area contributed by atoms with Crippen LogP contribution in [-0.4, -0.2) is 55.5 Å². The molecule has 0 radical (unpaired) electrons. The van der Waals surface area contributed by atoms with E-state index in [1.807, 2.05) is 0 Å². The molecule has 148 valence electrons. The quantitative estimate of drug-likeness (QED) is 0.496. The standard InChI is InChI=1S/C17H17N3O8/c18-11-3-4-19(15-13(22)12(21)14(28-15)16(23)24)17(25)20(11)6-8-1-2-9-10(5-8)27-7-26-9/h1-5,12-15,18,21-22H,6-7H2,(H,23,24)/t12-,13+,14-,15+/m0/s1. The number of ether oxygens (including phenoxy) is 3. The molecule has 0 spiro atoms. The molecular formula is C17H17N3O8. The molecule has 4 rings (SSSR count). The molecule has 4 N–H and O–H groups in total. The second-order valence-electron chi connectivity index (χ2n) is 6.43. The van der Waals surface area contributed by atoms with Crippen molar-refractivity contribution in [3.8, 4) is 11.5 Å². The summed E-state index contributed by atoms with van der Waals surface area (Å²) in [5.41, 5.74) is -0.122. The normalized spacial score (nSPS) is 25.8. The van der Waals surface area contributed by atoms with Crippen LogP contribution in [0.3, 0.4) is 0 Å². The minimum absolute atomic E-state index is 0.0306. The number of rotatable bonds is 4. The van der Waals surface area contributed by atoms with E-state index in [9.17, 15) is 19.8 Å².